The van der Waals surface area contributed by atoms with Gasteiger partial charge in [-0.25, -0.2) is 9.59 Å². The van der Waals surface area contributed by atoms with Gasteiger partial charge in [-0.2, -0.15) is 0 Å². The maximum absolute atomic E-state index is 14.1. The van der Waals surface area contributed by atoms with Gasteiger partial charge in [0.2, 0.25) is 29.5 Å². The van der Waals surface area contributed by atoms with Gasteiger partial charge in [-0.15, -0.1) is 0 Å². The van der Waals surface area contributed by atoms with E-state index in [1.54, 1.807) is 39.8 Å². The Labute approximate surface area is 334 Å². The molecule has 3 rings (SSSR count). The number of rotatable bonds is 11. The Morgan fingerprint density at radius 1 is 0.842 bits per heavy atom. The van der Waals surface area contributed by atoms with Crippen LogP contribution in [-0.4, -0.2) is 106 Å². The molecule has 1 saturated heterocycles. The van der Waals surface area contributed by atoms with Crippen LogP contribution in [-0.2, 0) is 41.6 Å². The largest absolute Gasteiger partial charge is 0.508 e. The van der Waals surface area contributed by atoms with E-state index in [1.807, 2.05) is 30.3 Å². The van der Waals surface area contributed by atoms with Crippen molar-refractivity contribution in [3.8, 4) is 5.75 Å². The fraction of sp³-hybridized carbons (Fsp3) is 0.537. The van der Waals surface area contributed by atoms with Gasteiger partial charge in [0.25, 0.3) is 0 Å². The predicted octanol–water partition coefficient (Wildman–Crippen LogP) is 1.99. The number of amides is 7. The van der Waals surface area contributed by atoms with Crippen molar-refractivity contribution in [3.63, 3.8) is 0 Å². The van der Waals surface area contributed by atoms with E-state index in [9.17, 15) is 43.8 Å². The monoisotopic (exact) mass is 793 g/mol. The van der Waals surface area contributed by atoms with E-state index in [4.69, 9.17) is 0 Å². The summed E-state index contributed by atoms with van der Waals surface area (Å²) >= 11 is 0. The molecule has 0 saturated carbocycles. The maximum atomic E-state index is 14.1. The summed E-state index contributed by atoms with van der Waals surface area (Å²) in [5.41, 5.74) is 1.56. The topological polar surface area (TPSA) is 235 Å². The normalized spacial score (nSPS) is 23.0. The number of phenolic OH excluding ortho intramolecular Hbond substituents is 1. The molecule has 0 aromatic heterocycles. The number of nitrogens with zero attached hydrogens (tertiary/aromatic N) is 1. The van der Waals surface area contributed by atoms with Crippen LogP contribution in [0.3, 0.4) is 0 Å². The van der Waals surface area contributed by atoms with E-state index in [1.165, 1.54) is 31.0 Å². The van der Waals surface area contributed by atoms with Crippen LogP contribution in [0.15, 0.2) is 54.6 Å². The lowest BCUT2D eigenvalue weighted by molar-refractivity contribution is -0.142. The summed E-state index contributed by atoms with van der Waals surface area (Å²) in [6.45, 7) is 8.58. The van der Waals surface area contributed by atoms with Gasteiger partial charge < -0.3 is 47.0 Å². The van der Waals surface area contributed by atoms with Crippen molar-refractivity contribution in [2.24, 2.45) is 11.8 Å². The number of nitrogens with one attached hydrogen (secondary N) is 6. The van der Waals surface area contributed by atoms with E-state index in [2.05, 4.69) is 31.9 Å². The first kappa shape index (κ1) is 45.7. The van der Waals surface area contributed by atoms with Crippen molar-refractivity contribution in [3.05, 3.63) is 65.7 Å². The minimum Gasteiger partial charge on any atom is -0.508 e. The summed E-state index contributed by atoms with van der Waals surface area (Å²) < 4.78 is 0. The van der Waals surface area contributed by atoms with E-state index in [0.717, 1.165) is 11.1 Å². The molecule has 0 aliphatic carbocycles. The second kappa shape index (κ2) is 22.2. The van der Waals surface area contributed by atoms with Crippen molar-refractivity contribution in [2.75, 3.05) is 13.6 Å². The molecule has 0 spiro atoms. The van der Waals surface area contributed by atoms with Gasteiger partial charge in [0.1, 0.15) is 42.0 Å². The van der Waals surface area contributed by atoms with Crippen molar-refractivity contribution in [1.82, 2.24) is 36.8 Å². The Kier molecular flexibility index (Phi) is 17.8. The van der Waals surface area contributed by atoms with Gasteiger partial charge in [0, 0.05) is 20.0 Å². The van der Waals surface area contributed by atoms with Crippen LogP contribution in [0, 0.1) is 11.8 Å². The Morgan fingerprint density at radius 2 is 1.49 bits per heavy atom. The number of carboxylic acid groups (broad SMARTS) is 1. The fourth-order valence-corrected chi connectivity index (χ4v) is 6.35. The Hall–Kier alpha value is -5.67. The number of benzene rings is 2. The number of hydrogen-bond donors (Lipinski definition) is 8. The van der Waals surface area contributed by atoms with E-state index < -0.39 is 89.6 Å². The summed E-state index contributed by atoms with van der Waals surface area (Å²) in [5, 5.41) is 35.7. The van der Waals surface area contributed by atoms with Crippen LogP contribution in [0.5, 0.6) is 5.75 Å². The van der Waals surface area contributed by atoms with E-state index in [0.29, 0.717) is 25.7 Å². The molecule has 1 aliphatic heterocycles. The van der Waals surface area contributed by atoms with Crippen molar-refractivity contribution in [2.45, 2.75) is 116 Å². The number of hydrogen-bond acceptors (Lipinski definition) is 8. The van der Waals surface area contributed by atoms with Crippen LogP contribution in [0.2, 0.25) is 0 Å². The predicted molar refractivity (Wildman–Crippen MR) is 213 cm³/mol. The molecule has 2 aromatic rings. The number of carbonyl (C=O) groups is 7. The van der Waals surface area contributed by atoms with E-state index >= 15 is 0 Å². The molecule has 1 aliphatic rings. The zero-order valence-electron chi connectivity index (χ0n) is 33.7. The number of aryl methyl sites for hydroxylation is 1. The number of aliphatic carboxylic acids is 1. The number of phenols is 1. The first-order valence-corrected chi connectivity index (χ1v) is 19.6. The fourth-order valence-electron chi connectivity index (χ4n) is 6.35. The molecule has 1 fully saturated rings. The Morgan fingerprint density at radius 3 is 2.11 bits per heavy atom. The van der Waals surface area contributed by atoms with Crippen molar-refractivity contribution in [1.29, 1.82) is 0 Å². The zero-order chi connectivity index (χ0) is 42.2. The number of carbonyl (C=O) groups excluding carboxylic acids is 6. The summed E-state index contributed by atoms with van der Waals surface area (Å²) in [6.07, 6.45) is 1.82. The standard InChI is InChI=1S/C41H59N7O9/c1-7-25(4)34(40(55)56)47-41(57)45-30-15-11-12-22-42-36(51)32(23-28-13-9-8-10-14-28)44-35(50)26(5)48(6)39(54)31(21-18-27-16-19-29(49)20-17-27)43-38(53)33(24(2)3)46-37(30)52/h8-10,13-14,16-17,19-20,24-26,30-34,49H,7,11-12,15,18,21-23H2,1-6H3,(H,42,51)(H,43,53)(H,44,50)(H,46,52)(H,55,56)(H2,45,47,57). The molecule has 0 bridgehead atoms. The van der Waals surface area contributed by atoms with Crippen LogP contribution in [0.4, 0.5) is 4.79 Å². The summed E-state index contributed by atoms with van der Waals surface area (Å²) in [7, 11) is 1.43. The highest BCUT2D eigenvalue weighted by Gasteiger charge is 2.35. The Bertz CT molecular complexity index is 1690. The lowest BCUT2D eigenvalue weighted by Gasteiger charge is -2.31. The third kappa shape index (κ3) is 14.1. The molecule has 2 aromatic carbocycles. The smallest absolute Gasteiger partial charge is 0.326 e. The third-order valence-corrected chi connectivity index (χ3v) is 10.3. The molecule has 312 valence electrons. The van der Waals surface area contributed by atoms with Crippen LogP contribution >= 0.6 is 0 Å². The number of likely N-dealkylation sites (N-methyl/N-ethyl adjacent to an activating group) is 1. The molecule has 1 heterocycles. The van der Waals surface area contributed by atoms with Gasteiger partial charge >= 0.3 is 12.0 Å². The lowest BCUT2D eigenvalue weighted by atomic mass is 9.99. The summed E-state index contributed by atoms with van der Waals surface area (Å²) in [6, 6.07) is 7.83. The molecule has 8 N–H and O–H groups in total. The molecule has 16 heteroatoms. The van der Waals surface area contributed by atoms with Crippen molar-refractivity contribution >= 4 is 41.5 Å². The minimum absolute atomic E-state index is 0.0619. The lowest BCUT2D eigenvalue weighted by Crippen LogP contribution is -2.60. The molecule has 57 heavy (non-hydrogen) atoms. The number of aromatic hydroxyl groups is 1. The molecule has 0 radical (unpaired) electrons. The van der Waals surface area contributed by atoms with Gasteiger partial charge in [-0.3, -0.25) is 24.0 Å². The van der Waals surface area contributed by atoms with Gasteiger partial charge in [0.15, 0.2) is 0 Å². The van der Waals surface area contributed by atoms with Gasteiger partial charge in [-0.05, 0) is 74.1 Å². The van der Waals surface area contributed by atoms with E-state index in [-0.39, 0.29) is 31.6 Å². The highest BCUT2D eigenvalue weighted by Crippen LogP contribution is 2.16. The molecular formula is C41H59N7O9. The van der Waals surface area contributed by atoms with Gasteiger partial charge in [-0.1, -0.05) is 76.6 Å². The maximum Gasteiger partial charge on any atom is 0.326 e. The minimum atomic E-state index is -1.23. The molecule has 16 nitrogen and oxygen atoms in total. The SMILES string of the molecule is CCC(C)C(NC(=O)NC1CCCCNC(=O)C(Cc2ccccc2)NC(=O)C(C)N(C)C(=O)C(CCc2ccc(O)cc2)NC(=O)C(C(C)C)NC1=O)C(=O)O. The zero-order valence-corrected chi connectivity index (χ0v) is 33.7. The van der Waals surface area contributed by atoms with Gasteiger partial charge in [0.05, 0.1) is 0 Å². The quantitative estimate of drug-likeness (QED) is 0.166. The van der Waals surface area contributed by atoms with Crippen LogP contribution in [0.1, 0.15) is 77.8 Å². The average molecular weight is 794 g/mol. The van der Waals surface area contributed by atoms with Crippen LogP contribution < -0.4 is 31.9 Å². The number of carboxylic acids is 1. The molecule has 7 amide bonds. The second-order valence-electron chi connectivity index (χ2n) is 15.0. The Balaban J connectivity index is 1.98. The molecular weight excluding hydrogens is 734 g/mol. The number of urea groups is 1. The average Bonchev–Trinajstić information content (AvgIpc) is 3.18. The second-order valence-corrected chi connectivity index (χ2v) is 15.0. The van der Waals surface area contributed by atoms with Crippen LogP contribution in [0.25, 0.3) is 0 Å². The molecule has 7 atom stereocenters. The molecule has 7 unspecified atom stereocenters. The third-order valence-electron chi connectivity index (χ3n) is 10.3. The highest BCUT2D eigenvalue weighted by molar-refractivity contribution is 5.96. The summed E-state index contributed by atoms with van der Waals surface area (Å²) in [4.78, 5) is 95.5. The first-order valence-electron chi connectivity index (χ1n) is 19.6. The van der Waals surface area contributed by atoms with Crippen molar-refractivity contribution < 1.29 is 43.8 Å². The highest BCUT2D eigenvalue weighted by atomic mass is 16.4. The first-order chi connectivity index (χ1) is 27.0. The summed E-state index contributed by atoms with van der Waals surface area (Å²) in [5.74, 6) is -5.06.